The third kappa shape index (κ3) is 1.60. The van der Waals surface area contributed by atoms with Crippen LogP contribution in [0.2, 0.25) is 0 Å². The lowest BCUT2D eigenvalue weighted by Crippen LogP contribution is -2.00. The zero-order valence-electron chi connectivity index (χ0n) is 9.69. The molecule has 3 nitrogen and oxygen atoms in total. The SMILES string of the molecule is COc1cc2c(cc1C)Oc1ccccc1O2. The fraction of sp³-hybridized carbons (Fsp3) is 0.143. The van der Waals surface area contributed by atoms with Crippen molar-refractivity contribution in [3.8, 4) is 28.7 Å². The molecule has 0 amide bonds. The average Bonchev–Trinajstić information content (AvgIpc) is 2.35. The van der Waals surface area contributed by atoms with Crippen molar-refractivity contribution in [3.63, 3.8) is 0 Å². The molecule has 3 rings (SSSR count). The molecule has 2 aromatic rings. The highest BCUT2D eigenvalue weighted by Gasteiger charge is 2.19. The smallest absolute Gasteiger partial charge is 0.173 e. The van der Waals surface area contributed by atoms with Gasteiger partial charge in [-0.15, -0.1) is 0 Å². The van der Waals surface area contributed by atoms with Crippen molar-refractivity contribution in [1.82, 2.24) is 0 Å². The number of benzene rings is 2. The van der Waals surface area contributed by atoms with Gasteiger partial charge in [0.05, 0.1) is 7.11 Å². The second-order valence-electron chi connectivity index (χ2n) is 3.92. The fourth-order valence-corrected chi connectivity index (χ4v) is 1.88. The van der Waals surface area contributed by atoms with E-state index in [2.05, 4.69) is 0 Å². The van der Waals surface area contributed by atoms with E-state index in [9.17, 15) is 0 Å². The van der Waals surface area contributed by atoms with Crippen molar-refractivity contribution in [1.29, 1.82) is 0 Å². The first kappa shape index (κ1) is 10.0. The van der Waals surface area contributed by atoms with Gasteiger partial charge in [-0.2, -0.15) is 0 Å². The molecule has 1 heterocycles. The summed E-state index contributed by atoms with van der Waals surface area (Å²) in [6.07, 6.45) is 0. The standard InChI is InChI=1S/C14H12O3/c1-9-7-13-14(8-12(9)15-2)17-11-6-4-3-5-10(11)16-13/h3-8H,1-2H3. The van der Waals surface area contributed by atoms with Gasteiger partial charge in [-0.1, -0.05) is 12.1 Å². The van der Waals surface area contributed by atoms with Crippen LogP contribution in [0.15, 0.2) is 36.4 Å². The van der Waals surface area contributed by atoms with Crippen LogP contribution in [0.1, 0.15) is 5.56 Å². The van der Waals surface area contributed by atoms with Gasteiger partial charge in [0.15, 0.2) is 23.0 Å². The molecular formula is C14H12O3. The molecule has 0 atom stereocenters. The first-order chi connectivity index (χ1) is 8.28. The fourth-order valence-electron chi connectivity index (χ4n) is 1.88. The van der Waals surface area contributed by atoms with E-state index < -0.39 is 0 Å². The van der Waals surface area contributed by atoms with Crippen molar-refractivity contribution in [2.24, 2.45) is 0 Å². The van der Waals surface area contributed by atoms with E-state index in [1.165, 1.54) is 0 Å². The van der Waals surface area contributed by atoms with E-state index in [-0.39, 0.29) is 0 Å². The van der Waals surface area contributed by atoms with Crippen molar-refractivity contribution in [2.75, 3.05) is 7.11 Å². The number of methoxy groups -OCH3 is 1. The predicted octanol–water partition coefficient (Wildman–Crippen LogP) is 3.90. The number of ether oxygens (including phenoxy) is 3. The number of fused-ring (bicyclic) bond motifs is 2. The lowest BCUT2D eigenvalue weighted by molar-refractivity contribution is 0.352. The van der Waals surface area contributed by atoms with Crippen LogP contribution >= 0.6 is 0 Å². The van der Waals surface area contributed by atoms with E-state index in [1.54, 1.807) is 7.11 Å². The van der Waals surface area contributed by atoms with Gasteiger partial charge in [-0.05, 0) is 30.7 Å². The molecule has 0 spiro atoms. The minimum Gasteiger partial charge on any atom is -0.496 e. The zero-order valence-corrected chi connectivity index (χ0v) is 9.69. The second kappa shape index (κ2) is 3.70. The van der Waals surface area contributed by atoms with Crippen LogP contribution in [-0.2, 0) is 0 Å². The molecule has 1 aliphatic rings. The molecule has 0 aliphatic carbocycles. The van der Waals surface area contributed by atoms with Gasteiger partial charge >= 0.3 is 0 Å². The van der Waals surface area contributed by atoms with Crippen molar-refractivity contribution < 1.29 is 14.2 Å². The maximum absolute atomic E-state index is 5.78. The Morgan fingerprint density at radius 2 is 1.47 bits per heavy atom. The van der Waals surface area contributed by atoms with Crippen LogP contribution < -0.4 is 14.2 Å². The van der Waals surface area contributed by atoms with Crippen molar-refractivity contribution in [3.05, 3.63) is 42.0 Å². The maximum atomic E-state index is 5.78. The molecular weight excluding hydrogens is 216 g/mol. The Labute approximate surface area is 99.6 Å². The van der Waals surface area contributed by atoms with Gasteiger partial charge in [0.25, 0.3) is 0 Å². The molecule has 1 aliphatic heterocycles. The van der Waals surface area contributed by atoms with Gasteiger partial charge < -0.3 is 14.2 Å². The quantitative estimate of drug-likeness (QED) is 0.632. The Balaban J connectivity index is 2.09. The van der Waals surface area contributed by atoms with Gasteiger partial charge in [-0.25, -0.2) is 0 Å². The molecule has 0 fully saturated rings. The highest BCUT2D eigenvalue weighted by Crippen LogP contribution is 2.47. The minimum absolute atomic E-state index is 0.686. The molecule has 2 aromatic carbocycles. The number of hydrogen-bond donors (Lipinski definition) is 0. The van der Waals surface area contributed by atoms with E-state index >= 15 is 0 Å². The van der Waals surface area contributed by atoms with Crippen LogP contribution in [0.5, 0.6) is 28.7 Å². The van der Waals surface area contributed by atoms with Gasteiger partial charge in [-0.3, -0.25) is 0 Å². The molecule has 0 saturated heterocycles. The highest BCUT2D eigenvalue weighted by molar-refractivity contribution is 5.58. The summed E-state index contributed by atoms with van der Waals surface area (Å²) in [5, 5.41) is 0. The number of aryl methyl sites for hydroxylation is 1. The lowest BCUT2D eigenvalue weighted by atomic mass is 10.2. The molecule has 0 N–H and O–H groups in total. The van der Waals surface area contributed by atoms with E-state index in [4.69, 9.17) is 14.2 Å². The summed E-state index contributed by atoms with van der Waals surface area (Å²) in [5.41, 5.74) is 1.02. The van der Waals surface area contributed by atoms with E-state index in [0.717, 1.165) is 28.6 Å². The molecule has 3 heteroatoms. The Hall–Kier alpha value is -2.16. The largest absolute Gasteiger partial charge is 0.496 e. The molecule has 0 radical (unpaired) electrons. The molecule has 0 unspecified atom stereocenters. The van der Waals surface area contributed by atoms with E-state index in [1.807, 2.05) is 43.3 Å². The second-order valence-corrected chi connectivity index (χ2v) is 3.92. The van der Waals surface area contributed by atoms with Gasteiger partial charge in [0.1, 0.15) is 5.75 Å². The summed E-state index contributed by atoms with van der Waals surface area (Å²) in [5.74, 6) is 3.68. The van der Waals surface area contributed by atoms with Crippen LogP contribution in [0.3, 0.4) is 0 Å². The van der Waals surface area contributed by atoms with Crippen molar-refractivity contribution in [2.45, 2.75) is 6.92 Å². The summed E-state index contributed by atoms with van der Waals surface area (Å²) in [7, 11) is 1.65. The van der Waals surface area contributed by atoms with Gasteiger partial charge in [0, 0.05) is 6.07 Å². The number of hydrogen-bond acceptors (Lipinski definition) is 3. The Morgan fingerprint density at radius 3 is 2.06 bits per heavy atom. The van der Waals surface area contributed by atoms with Gasteiger partial charge in [0.2, 0.25) is 0 Å². The monoisotopic (exact) mass is 228 g/mol. The molecule has 86 valence electrons. The molecule has 0 bridgehead atoms. The normalized spacial score (nSPS) is 11.9. The predicted molar refractivity (Wildman–Crippen MR) is 64.3 cm³/mol. The molecule has 0 saturated carbocycles. The number of para-hydroxylation sites is 2. The Bertz CT molecular complexity index is 576. The summed E-state index contributed by atoms with van der Waals surface area (Å²) in [4.78, 5) is 0. The molecule has 17 heavy (non-hydrogen) atoms. The van der Waals surface area contributed by atoms with Crippen LogP contribution in [0.25, 0.3) is 0 Å². The lowest BCUT2D eigenvalue weighted by Gasteiger charge is -2.21. The minimum atomic E-state index is 0.686. The first-order valence-electron chi connectivity index (χ1n) is 5.41. The average molecular weight is 228 g/mol. The first-order valence-corrected chi connectivity index (χ1v) is 5.41. The summed E-state index contributed by atoms with van der Waals surface area (Å²) >= 11 is 0. The topological polar surface area (TPSA) is 27.7 Å². The Kier molecular flexibility index (Phi) is 2.18. The number of rotatable bonds is 1. The maximum Gasteiger partial charge on any atom is 0.173 e. The van der Waals surface area contributed by atoms with Crippen LogP contribution in [0.4, 0.5) is 0 Å². The molecule has 0 aromatic heterocycles. The van der Waals surface area contributed by atoms with Crippen LogP contribution in [-0.4, -0.2) is 7.11 Å². The third-order valence-corrected chi connectivity index (χ3v) is 2.75. The summed E-state index contributed by atoms with van der Waals surface area (Å²) < 4.78 is 16.8. The zero-order chi connectivity index (χ0) is 11.8. The van der Waals surface area contributed by atoms with Crippen molar-refractivity contribution >= 4 is 0 Å². The highest BCUT2D eigenvalue weighted by atomic mass is 16.6. The van der Waals surface area contributed by atoms with Crippen LogP contribution in [0, 0.1) is 6.92 Å². The Morgan fingerprint density at radius 1 is 0.882 bits per heavy atom. The third-order valence-electron chi connectivity index (χ3n) is 2.75. The van der Waals surface area contributed by atoms with E-state index in [0.29, 0.717) is 5.75 Å². The summed E-state index contributed by atoms with van der Waals surface area (Å²) in [6.45, 7) is 1.98. The summed E-state index contributed by atoms with van der Waals surface area (Å²) in [6, 6.07) is 11.4.